The van der Waals surface area contributed by atoms with Gasteiger partial charge in [-0.2, -0.15) is 0 Å². The number of carbonyl (C=O) groups is 2. The molecule has 31 heavy (non-hydrogen) atoms. The van der Waals surface area contributed by atoms with Gasteiger partial charge < -0.3 is 15.0 Å². The van der Waals surface area contributed by atoms with Crippen LogP contribution in [0, 0.1) is 10.1 Å². The molecule has 2 aromatic carbocycles. The second-order valence-electron chi connectivity index (χ2n) is 6.67. The van der Waals surface area contributed by atoms with Gasteiger partial charge >= 0.3 is 0 Å². The van der Waals surface area contributed by atoms with Crippen molar-refractivity contribution in [2.45, 2.75) is 4.34 Å². The number of nitro groups is 1. The Bertz CT molecular complexity index is 1140. The van der Waals surface area contributed by atoms with E-state index in [9.17, 15) is 19.7 Å². The van der Waals surface area contributed by atoms with Gasteiger partial charge in [0.15, 0.2) is 4.34 Å². The normalized spacial score (nSPS) is 13.9. The van der Waals surface area contributed by atoms with Crippen LogP contribution in [0.25, 0.3) is 10.2 Å². The van der Waals surface area contributed by atoms with E-state index in [0.717, 1.165) is 14.6 Å². The fraction of sp³-hybridized carbons (Fsp3) is 0.250. The second kappa shape index (κ2) is 9.41. The number of aromatic nitrogens is 1. The zero-order chi connectivity index (χ0) is 21.8. The molecular weight excluding hydrogens is 440 g/mol. The van der Waals surface area contributed by atoms with Crippen LogP contribution in [0.2, 0.25) is 0 Å². The molecule has 0 saturated carbocycles. The van der Waals surface area contributed by atoms with Gasteiger partial charge in [0, 0.05) is 24.8 Å². The van der Waals surface area contributed by atoms with Gasteiger partial charge in [0.1, 0.15) is 5.56 Å². The smallest absolute Gasteiger partial charge is 0.282 e. The summed E-state index contributed by atoms with van der Waals surface area (Å²) >= 11 is 2.81. The molecule has 2 amide bonds. The number of hydrogen-bond donors (Lipinski definition) is 1. The van der Waals surface area contributed by atoms with Gasteiger partial charge in [-0.1, -0.05) is 23.9 Å². The number of anilines is 1. The highest BCUT2D eigenvalue weighted by Gasteiger charge is 2.20. The van der Waals surface area contributed by atoms with Crippen LogP contribution < -0.4 is 5.32 Å². The maximum atomic E-state index is 12.5. The summed E-state index contributed by atoms with van der Waals surface area (Å²) < 4.78 is 6.87. The van der Waals surface area contributed by atoms with E-state index in [2.05, 4.69) is 10.3 Å². The number of hydrogen-bond acceptors (Lipinski definition) is 8. The summed E-state index contributed by atoms with van der Waals surface area (Å²) in [6.45, 7) is 2.36. The first kappa shape index (κ1) is 21.2. The first-order valence-corrected chi connectivity index (χ1v) is 11.2. The Morgan fingerprint density at radius 2 is 2.00 bits per heavy atom. The fourth-order valence-corrected chi connectivity index (χ4v) is 5.10. The van der Waals surface area contributed by atoms with Gasteiger partial charge in [0.25, 0.3) is 11.6 Å². The van der Waals surface area contributed by atoms with Crippen molar-refractivity contribution in [1.82, 2.24) is 9.88 Å². The lowest BCUT2D eigenvalue weighted by molar-refractivity contribution is -0.385. The van der Waals surface area contributed by atoms with Crippen LogP contribution in [-0.2, 0) is 9.53 Å². The van der Waals surface area contributed by atoms with Gasteiger partial charge in [-0.3, -0.25) is 19.7 Å². The van der Waals surface area contributed by atoms with Crippen molar-refractivity contribution in [3.63, 3.8) is 0 Å². The molecule has 0 spiro atoms. The molecule has 0 unspecified atom stereocenters. The Balaban J connectivity index is 1.43. The predicted octanol–water partition coefficient (Wildman–Crippen LogP) is 3.41. The molecule has 2 heterocycles. The predicted molar refractivity (Wildman–Crippen MR) is 119 cm³/mol. The zero-order valence-corrected chi connectivity index (χ0v) is 17.9. The number of nitrogens with one attached hydrogen (secondary N) is 1. The summed E-state index contributed by atoms with van der Waals surface area (Å²) in [7, 11) is 0. The molecule has 1 saturated heterocycles. The Hall–Kier alpha value is -3.02. The van der Waals surface area contributed by atoms with Crippen LogP contribution in [0.1, 0.15) is 10.4 Å². The lowest BCUT2D eigenvalue weighted by atomic mass is 10.1. The molecule has 3 aromatic rings. The third-order valence-corrected chi connectivity index (χ3v) is 6.80. The number of amides is 2. The standard InChI is InChI=1S/C20H18N4O5S2/c25-18(23-7-9-29-10-8-23)12-30-20-22-15-6-5-13(11-17(15)31-20)21-19(26)14-3-1-2-4-16(14)24(27)28/h1-6,11H,7-10,12H2,(H,21,26). The first-order valence-electron chi connectivity index (χ1n) is 9.45. The number of para-hydroxylation sites is 1. The third kappa shape index (κ3) is 5.01. The van der Waals surface area contributed by atoms with Crippen LogP contribution in [-0.4, -0.2) is 58.7 Å². The van der Waals surface area contributed by atoms with Crippen molar-refractivity contribution >= 4 is 56.5 Å². The van der Waals surface area contributed by atoms with E-state index < -0.39 is 10.8 Å². The minimum absolute atomic E-state index is 0.00484. The number of nitro benzene ring substituents is 1. The largest absolute Gasteiger partial charge is 0.378 e. The minimum Gasteiger partial charge on any atom is -0.378 e. The van der Waals surface area contributed by atoms with E-state index in [4.69, 9.17) is 4.74 Å². The van der Waals surface area contributed by atoms with Crippen LogP contribution in [0.5, 0.6) is 0 Å². The van der Waals surface area contributed by atoms with Crippen molar-refractivity contribution in [3.8, 4) is 0 Å². The van der Waals surface area contributed by atoms with Crippen LogP contribution in [0.15, 0.2) is 46.8 Å². The average Bonchev–Trinajstić information content (AvgIpc) is 3.20. The Morgan fingerprint density at radius 1 is 1.23 bits per heavy atom. The van der Waals surface area contributed by atoms with Crippen LogP contribution >= 0.6 is 23.1 Å². The van der Waals surface area contributed by atoms with E-state index in [1.807, 2.05) is 0 Å². The Morgan fingerprint density at radius 3 is 2.77 bits per heavy atom. The molecule has 4 rings (SSSR count). The van der Waals surface area contributed by atoms with E-state index in [-0.39, 0.29) is 17.2 Å². The molecule has 0 radical (unpaired) electrons. The zero-order valence-electron chi connectivity index (χ0n) is 16.3. The number of fused-ring (bicyclic) bond motifs is 1. The average molecular weight is 459 g/mol. The SMILES string of the molecule is O=C(Nc1ccc2nc(SCC(=O)N3CCOCC3)sc2c1)c1ccccc1[N+](=O)[O-]. The summed E-state index contributed by atoms with van der Waals surface area (Å²) in [4.78, 5) is 41.7. The van der Waals surface area contributed by atoms with Gasteiger partial charge in [0.05, 0.1) is 34.1 Å². The van der Waals surface area contributed by atoms with Crippen molar-refractivity contribution in [2.75, 3.05) is 37.4 Å². The summed E-state index contributed by atoms with van der Waals surface area (Å²) in [6, 6.07) is 11.0. The summed E-state index contributed by atoms with van der Waals surface area (Å²) in [5.41, 5.74) is 1.02. The molecule has 9 nitrogen and oxygen atoms in total. The van der Waals surface area contributed by atoms with Crippen molar-refractivity contribution in [1.29, 1.82) is 0 Å². The molecule has 0 aliphatic carbocycles. The van der Waals surface area contributed by atoms with E-state index in [1.54, 1.807) is 29.2 Å². The molecular formula is C20H18N4O5S2. The molecule has 1 N–H and O–H groups in total. The van der Waals surface area contributed by atoms with Crippen LogP contribution in [0.3, 0.4) is 0 Å². The molecule has 1 aliphatic heterocycles. The summed E-state index contributed by atoms with van der Waals surface area (Å²) in [6.07, 6.45) is 0. The molecule has 1 aromatic heterocycles. The van der Waals surface area contributed by atoms with E-state index in [0.29, 0.717) is 37.7 Å². The van der Waals surface area contributed by atoms with Crippen molar-refractivity contribution < 1.29 is 19.2 Å². The van der Waals surface area contributed by atoms with Crippen molar-refractivity contribution in [3.05, 3.63) is 58.1 Å². The summed E-state index contributed by atoms with van der Waals surface area (Å²) in [5.74, 6) is -0.187. The topological polar surface area (TPSA) is 115 Å². The van der Waals surface area contributed by atoms with E-state index >= 15 is 0 Å². The second-order valence-corrected chi connectivity index (χ2v) is 8.93. The fourth-order valence-electron chi connectivity index (χ4n) is 3.09. The Labute approximate surface area is 185 Å². The highest BCUT2D eigenvalue weighted by Crippen LogP contribution is 2.32. The Kier molecular flexibility index (Phi) is 6.44. The van der Waals surface area contributed by atoms with Gasteiger partial charge in [-0.25, -0.2) is 4.98 Å². The number of morpholine rings is 1. The number of thioether (sulfide) groups is 1. The molecule has 1 aliphatic rings. The lowest BCUT2D eigenvalue weighted by Gasteiger charge is -2.26. The van der Waals surface area contributed by atoms with E-state index in [1.165, 1.54) is 41.3 Å². The van der Waals surface area contributed by atoms with Crippen LogP contribution in [0.4, 0.5) is 11.4 Å². The van der Waals surface area contributed by atoms with Gasteiger partial charge in [-0.05, 0) is 24.3 Å². The highest BCUT2D eigenvalue weighted by molar-refractivity contribution is 8.01. The lowest BCUT2D eigenvalue weighted by Crippen LogP contribution is -2.41. The molecule has 0 atom stereocenters. The number of rotatable bonds is 6. The molecule has 160 valence electrons. The minimum atomic E-state index is -0.580. The number of thiazole rings is 1. The first-order chi connectivity index (χ1) is 15.0. The quantitative estimate of drug-likeness (QED) is 0.342. The third-order valence-electron chi connectivity index (χ3n) is 4.65. The maximum absolute atomic E-state index is 12.5. The van der Waals surface area contributed by atoms with Gasteiger partial charge in [0.2, 0.25) is 5.91 Å². The van der Waals surface area contributed by atoms with Gasteiger partial charge in [-0.15, -0.1) is 11.3 Å². The number of ether oxygens (including phenoxy) is 1. The molecule has 0 bridgehead atoms. The maximum Gasteiger partial charge on any atom is 0.282 e. The molecule has 1 fully saturated rings. The monoisotopic (exact) mass is 458 g/mol. The molecule has 11 heteroatoms. The summed E-state index contributed by atoms with van der Waals surface area (Å²) in [5, 5.41) is 13.9. The number of carbonyl (C=O) groups excluding carboxylic acids is 2. The number of nitrogens with zero attached hydrogens (tertiary/aromatic N) is 3. The number of benzene rings is 2. The van der Waals surface area contributed by atoms with Crippen molar-refractivity contribution in [2.24, 2.45) is 0 Å². The highest BCUT2D eigenvalue weighted by atomic mass is 32.2.